The van der Waals surface area contributed by atoms with Crippen LogP contribution in [-0.4, -0.2) is 13.2 Å². The molecule has 1 unspecified atom stereocenters. The molecule has 0 fully saturated rings. The molecule has 1 heterocycles. The van der Waals surface area contributed by atoms with Gasteiger partial charge in [-0.15, -0.1) is 0 Å². The molecule has 2 N–H and O–H groups in total. The highest BCUT2D eigenvalue weighted by molar-refractivity contribution is 6.30. The van der Waals surface area contributed by atoms with Crippen LogP contribution in [0.3, 0.4) is 0 Å². The van der Waals surface area contributed by atoms with Gasteiger partial charge in [-0.1, -0.05) is 25.4 Å². The minimum Gasteiger partial charge on any atom is -0.493 e. The Bertz CT molecular complexity index is 413. The standard InChI is InChI=1S/C14H20ClNO/c1-3-14(2,9-16)8-11-7-12(15)6-10-4-5-17-13(10)11/h6-7H,3-5,8-9,16H2,1-2H3. The molecule has 1 aliphatic rings. The fraction of sp³-hybridized carbons (Fsp3) is 0.571. The summed E-state index contributed by atoms with van der Waals surface area (Å²) in [5, 5.41) is 0.805. The second kappa shape index (κ2) is 4.87. The summed E-state index contributed by atoms with van der Waals surface area (Å²) in [5.74, 6) is 1.04. The van der Waals surface area contributed by atoms with Crippen LogP contribution in [0.2, 0.25) is 5.02 Å². The Morgan fingerprint density at radius 2 is 2.24 bits per heavy atom. The molecule has 0 aromatic heterocycles. The summed E-state index contributed by atoms with van der Waals surface area (Å²) in [4.78, 5) is 0. The molecular formula is C14H20ClNO. The average Bonchev–Trinajstić information content (AvgIpc) is 2.77. The molecule has 2 nitrogen and oxygen atoms in total. The molecule has 0 saturated carbocycles. The third kappa shape index (κ3) is 2.58. The van der Waals surface area contributed by atoms with E-state index in [1.54, 1.807) is 0 Å². The van der Waals surface area contributed by atoms with E-state index in [4.69, 9.17) is 22.1 Å². The van der Waals surface area contributed by atoms with Crippen LogP contribution in [-0.2, 0) is 12.8 Å². The van der Waals surface area contributed by atoms with Crippen LogP contribution >= 0.6 is 11.6 Å². The lowest BCUT2D eigenvalue weighted by Crippen LogP contribution is -2.28. The van der Waals surface area contributed by atoms with Crippen LogP contribution in [0.5, 0.6) is 5.75 Å². The Balaban J connectivity index is 2.33. The first-order chi connectivity index (χ1) is 8.08. The molecule has 1 aliphatic heterocycles. The zero-order chi connectivity index (χ0) is 12.5. The Morgan fingerprint density at radius 3 is 2.88 bits per heavy atom. The highest BCUT2D eigenvalue weighted by Crippen LogP contribution is 2.37. The minimum absolute atomic E-state index is 0.129. The maximum Gasteiger partial charge on any atom is 0.125 e. The number of rotatable bonds is 4. The number of fused-ring (bicyclic) bond motifs is 1. The molecule has 1 aromatic rings. The molecule has 0 bridgehead atoms. The molecule has 0 radical (unpaired) electrons. The highest BCUT2D eigenvalue weighted by Gasteiger charge is 2.25. The van der Waals surface area contributed by atoms with Crippen molar-refractivity contribution in [2.75, 3.05) is 13.2 Å². The smallest absolute Gasteiger partial charge is 0.125 e. The Hall–Kier alpha value is -0.730. The number of hydrogen-bond acceptors (Lipinski definition) is 2. The first-order valence-electron chi connectivity index (χ1n) is 6.22. The summed E-state index contributed by atoms with van der Waals surface area (Å²) in [6.45, 7) is 5.85. The number of hydrogen-bond donors (Lipinski definition) is 1. The van der Waals surface area contributed by atoms with Gasteiger partial charge in [0, 0.05) is 11.4 Å². The Morgan fingerprint density at radius 1 is 1.47 bits per heavy atom. The summed E-state index contributed by atoms with van der Waals surface area (Å²) < 4.78 is 5.72. The molecule has 0 aliphatic carbocycles. The zero-order valence-corrected chi connectivity index (χ0v) is 11.3. The first kappa shape index (κ1) is 12.7. The predicted molar refractivity (Wildman–Crippen MR) is 71.8 cm³/mol. The minimum atomic E-state index is 0.129. The lowest BCUT2D eigenvalue weighted by atomic mass is 9.81. The van der Waals surface area contributed by atoms with Crippen molar-refractivity contribution in [3.8, 4) is 5.75 Å². The van der Waals surface area contributed by atoms with Gasteiger partial charge in [-0.2, -0.15) is 0 Å². The van der Waals surface area contributed by atoms with Crippen molar-refractivity contribution in [2.45, 2.75) is 33.1 Å². The van der Waals surface area contributed by atoms with E-state index in [-0.39, 0.29) is 5.41 Å². The lowest BCUT2D eigenvalue weighted by Gasteiger charge is -2.27. The Labute approximate surface area is 108 Å². The number of benzene rings is 1. The third-order valence-electron chi connectivity index (χ3n) is 3.79. The maximum absolute atomic E-state index is 6.16. The van der Waals surface area contributed by atoms with Gasteiger partial charge in [0.25, 0.3) is 0 Å². The fourth-order valence-corrected chi connectivity index (χ4v) is 2.54. The van der Waals surface area contributed by atoms with E-state index < -0.39 is 0 Å². The van der Waals surface area contributed by atoms with Gasteiger partial charge in [0.05, 0.1) is 6.61 Å². The van der Waals surface area contributed by atoms with Crippen molar-refractivity contribution < 1.29 is 4.74 Å². The van der Waals surface area contributed by atoms with E-state index in [0.29, 0.717) is 6.54 Å². The molecule has 3 heteroatoms. The van der Waals surface area contributed by atoms with Gasteiger partial charge in [-0.25, -0.2) is 0 Å². The maximum atomic E-state index is 6.16. The summed E-state index contributed by atoms with van der Waals surface area (Å²) >= 11 is 6.16. The van der Waals surface area contributed by atoms with Crippen molar-refractivity contribution in [1.29, 1.82) is 0 Å². The molecule has 94 valence electrons. The Kier molecular flexibility index (Phi) is 3.64. The van der Waals surface area contributed by atoms with Crippen LogP contribution in [0, 0.1) is 5.41 Å². The van der Waals surface area contributed by atoms with Crippen molar-refractivity contribution in [1.82, 2.24) is 0 Å². The number of ether oxygens (including phenoxy) is 1. The van der Waals surface area contributed by atoms with Crippen molar-refractivity contribution >= 4 is 11.6 Å². The van der Waals surface area contributed by atoms with Gasteiger partial charge in [0.1, 0.15) is 5.75 Å². The second-order valence-corrected chi connectivity index (χ2v) is 5.63. The molecule has 1 atom stereocenters. The zero-order valence-electron chi connectivity index (χ0n) is 10.6. The summed E-state index contributed by atoms with van der Waals surface area (Å²) in [6, 6.07) is 4.04. The van der Waals surface area contributed by atoms with Gasteiger partial charge in [0.2, 0.25) is 0 Å². The molecule has 17 heavy (non-hydrogen) atoms. The third-order valence-corrected chi connectivity index (χ3v) is 4.01. The van der Waals surface area contributed by atoms with Gasteiger partial charge in [-0.05, 0) is 48.1 Å². The predicted octanol–water partition coefficient (Wildman–Crippen LogP) is 3.19. The van der Waals surface area contributed by atoms with E-state index in [9.17, 15) is 0 Å². The summed E-state index contributed by atoms with van der Waals surface area (Å²) in [5.41, 5.74) is 8.45. The van der Waals surface area contributed by atoms with Crippen molar-refractivity contribution in [3.05, 3.63) is 28.3 Å². The topological polar surface area (TPSA) is 35.2 Å². The highest BCUT2D eigenvalue weighted by atomic mass is 35.5. The first-order valence-corrected chi connectivity index (χ1v) is 6.60. The summed E-state index contributed by atoms with van der Waals surface area (Å²) in [6.07, 6.45) is 2.96. The summed E-state index contributed by atoms with van der Waals surface area (Å²) in [7, 11) is 0. The lowest BCUT2D eigenvalue weighted by molar-refractivity contribution is 0.307. The van der Waals surface area contributed by atoms with E-state index in [1.807, 2.05) is 12.1 Å². The van der Waals surface area contributed by atoms with Crippen LogP contribution in [0.15, 0.2) is 12.1 Å². The van der Waals surface area contributed by atoms with Crippen LogP contribution < -0.4 is 10.5 Å². The van der Waals surface area contributed by atoms with E-state index in [0.717, 1.165) is 36.6 Å². The molecular weight excluding hydrogens is 234 g/mol. The van der Waals surface area contributed by atoms with Gasteiger partial charge in [-0.3, -0.25) is 0 Å². The number of halogens is 1. The molecule has 2 rings (SSSR count). The van der Waals surface area contributed by atoms with E-state index in [1.165, 1.54) is 11.1 Å². The van der Waals surface area contributed by atoms with Gasteiger partial charge >= 0.3 is 0 Å². The molecule has 0 saturated heterocycles. The average molecular weight is 254 g/mol. The van der Waals surface area contributed by atoms with Crippen molar-refractivity contribution in [3.63, 3.8) is 0 Å². The largest absolute Gasteiger partial charge is 0.493 e. The van der Waals surface area contributed by atoms with E-state index in [2.05, 4.69) is 13.8 Å². The normalized spacial score (nSPS) is 17.4. The van der Waals surface area contributed by atoms with Gasteiger partial charge in [0.15, 0.2) is 0 Å². The van der Waals surface area contributed by atoms with Crippen LogP contribution in [0.25, 0.3) is 0 Å². The second-order valence-electron chi connectivity index (χ2n) is 5.20. The van der Waals surface area contributed by atoms with Crippen LogP contribution in [0.4, 0.5) is 0 Å². The van der Waals surface area contributed by atoms with Crippen LogP contribution in [0.1, 0.15) is 31.4 Å². The monoisotopic (exact) mass is 253 g/mol. The fourth-order valence-electron chi connectivity index (χ4n) is 2.28. The number of nitrogens with two attached hydrogens (primary N) is 1. The van der Waals surface area contributed by atoms with Gasteiger partial charge < -0.3 is 10.5 Å². The van der Waals surface area contributed by atoms with E-state index >= 15 is 0 Å². The molecule has 0 spiro atoms. The van der Waals surface area contributed by atoms with Crippen molar-refractivity contribution in [2.24, 2.45) is 11.1 Å². The molecule has 0 amide bonds. The molecule has 1 aromatic carbocycles. The quantitative estimate of drug-likeness (QED) is 0.895. The SMILES string of the molecule is CCC(C)(CN)Cc1cc(Cl)cc2c1OCC2.